The van der Waals surface area contributed by atoms with E-state index in [4.69, 9.17) is 14.2 Å². The molecule has 4 aromatic rings. The van der Waals surface area contributed by atoms with Crippen molar-refractivity contribution in [3.63, 3.8) is 0 Å². The number of methoxy groups -OCH3 is 3. The van der Waals surface area contributed by atoms with E-state index < -0.39 is 0 Å². The van der Waals surface area contributed by atoms with Crippen molar-refractivity contribution in [2.45, 2.75) is 6.54 Å². The summed E-state index contributed by atoms with van der Waals surface area (Å²) in [4.78, 5) is 25.5. The Morgan fingerprint density at radius 3 is 2.36 bits per heavy atom. The van der Waals surface area contributed by atoms with Gasteiger partial charge in [0.15, 0.2) is 0 Å². The molecule has 0 fully saturated rings. The Morgan fingerprint density at radius 2 is 1.67 bits per heavy atom. The van der Waals surface area contributed by atoms with Gasteiger partial charge in [-0.15, -0.1) is 0 Å². The Kier molecular flexibility index (Phi) is 6.30. The molecule has 0 aliphatic carbocycles. The molecule has 2 aromatic carbocycles. The Morgan fingerprint density at radius 1 is 0.939 bits per heavy atom. The summed E-state index contributed by atoms with van der Waals surface area (Å²) in [6, 6.07) is 14.2. The summed E-state index contributed by atoms with van der Waals surface area (Å²) in [5.41, 5.74) is 2.18. The molecule has 170 valence electrons. The zero-order valence-electron chi connectivity index (χ0n) is 18.6. The molecule has 2 aromatic heterocycles. The summed E-state index contributed by atoms with van der Waals surface area (Å²) >= 11 is 0. The molecule has 0 unspecified atom stereocenters. The second kappa shape index (κ2) is 9.47. The molecule has 0 radical (unpaired) electrons. The molecule has 1 N–H and O–H groups in total. The Hall–Kier alpha value is -4.27. The van der Waals surface area contributed by atoms with Crippen LogP contribution in [0.5, 0.6) is 17.2 Å². The number of benzene rings is 2. The second-order valence-corrected chi connectivity index (χ2v) is 7.25. The van der Waals surface area contributed by atoms with Gasteiger partial charge in [-0.05, 0) is 30.3 Å². The number of nitrogens with zero attached hydrogens (tertiary/aromatic N) is 3. The van der Waals surface area contributed by atoms with Crippen LogP contribution in [0.25, 0.3) is 16.8 Å². The van der Waals surface area contributed by atoms with Crippen LogP contribution in [0.3, 0.4) is 0 Å². The number of ether oxygens (including phenoxy) is 3. The summed E-state index contributed by atoms with van der Waals surface area (Å²) < 4.78 is 18.8. The maximum atomic E-state index is 12.9. The van der Waals surface area contributed by atoms with Crippen LogP contribution in [0.4, 0.5) is 0 Å². The first-order chi connectivity index (χ1) is 16.0. The molecule has 0 spiro atoms. The normalized spacial score (nSPS) is 10.8. The van der Waals surface area contributed by atoms with Crippen molar-refractivity contribution >= 4 is 11.4 Å². The summed E-state index contributed by atoms with van der Waals surface area (Å²) in [5, 5.41) is 7.32. The summed E-state index contributed by atoms with van der Waals surface area (Å²) in [5.74, 6) is 1.47. The lowest BCUT2D eigenvalue weighted by Crippen LogP contribution is -2.31. The van der Waals surface area contributed by atoms with E-state index in [9.17, 15) is 9.59 Å². The number of hydrogen-bond donors (Lipinski definition) is 1. The van der Waals surface area contributed by atoms with Crippen molar-refractivity contribution < 1.29 is 19.0 Å². The van der Waals surface area contributed by atoms with Gasteiger partial charge in [0.05, 0.1) is 27.0 Å². The number of fused-ring (bicyclic) bond motifs is 1. The first-order valence-corrected chi connectivity index (χ1v) is 10.3. The van der Waals surface area contributed by atoms with E-state index in [2.05, 4.69) is 10.4 Å². The van der Waals surface area contributed by atoms with Crippen molar-refractivity contribution in [2.24, 2.45) is 0 Å². The fourth-order valence-electron chi connectivity index (χ4n) is 3.46. The van der Waals surface area contributed by atoms with Gasteiger partial charge in [0.25, 0.3) is 11.5 Å². The summed E-state index contributed by atoms with van der Waals surface area (Å²) in [7, 11) is 4.65. The average molecular weight is 448 g/mol. The number of carbonyl (C=O) groups excluding carboxylic acids is 1. The highest BCUT2D eigenvalue weighted by molar-refractivity contribution is 5.95. The molecule has 0 aliphatic rings. The predicted octanol–water partition coefficient (Wildman–Crippen LogP) is 2.62. The Labute approximate surface area is 190 Å². The highest BCUT2D eigenvalue weighted by atomic mass is 16.5. The number of aromatic nitrogens is 3. The molecule has 0 bridgehead atoms. The largest absolute Gasteiger partial charge is 0.497 e. The van der Waals surface area contributed by atoms with Crippen molar-refractivity contribution in [1.29, 1.82) is 0 Å². The second-order valence-electron chi connectivity index (χ2n) is 7.25. The van der Waals surface area contributed by atoms with E-state index >= 15 is 0 Å². The number of nitrogens with one attached hydrogen (secondary N) is 1. The minimum absolute atomic E-state index is 0.198. The zero-order valence-corrected chi connectivity index (χ0v) is 18.6. The quantitative estimate of drug-likeness (QED) is 0.445. The van der Waals surface area contributed by atoms with E-state index in [1.165, 1.54) is 14.2 Å². The lowest BCUT2D eigenvalue weighted by Gasteiger charge is -2.10. The first kappa shape index (κ1) is 21.9. The van der Waals surface area contributed by atoms with Crippen LogP contribution in [0.2, 0.25) is 0 Å². The molecule has 9 nitrogen and oxygen atoms in total. The van der Waals surface area contributed by atoms with Crippen LogP contribution in [0.1, 0.15) is 10.4 Å². The monoisotopic (exact) mass is 448 g/mol. The molecule has 4 rings (SSSR count). The Balaban J connectivity index is 1.49. The molecule has 9 heteroatoms. The van der Waals surface area contributed by atoms with E-state index in [0.29, 0.717) is 40.6 Å². The van der Waals surface area contributed by atoms with Crippen molar-refractivity contribution in [3.8, 4) is 28.5 Å². The molecule has 0 saturated heterocycles. The summed E-state index contributed by atoms with van der Waals surface area (Å²) in [6.07, 6.45) is 3.37. The third-order valence-corrected chi connectivity index (χ3v) is 5.22. The molecule has 0 aliphatic heterocycles. The first-order valence-electron chi connectivity index (χ1n) is 10.3. The number of amides is 1. The van der Waals surface area contributed by atoms with Gasteiger partial charge in [0.1, 0.15) is 22.8 Å². The predicted molar refractivity (Wildman–Crippen MR) is 123 cm³/mol. The SMILES string of the molecule is COc1cc(OC)cc(C(=O)NCCn2ccn3nc(-c4cccc(OC)c4)cc3c2=O)c1. The lowest BCUT2D eigenvalue weighted by atomic mass is 10.1. The molecule has 33 heavy (non-hydrogen) atoms. The van der Waals surface area contributed by atoms with Gasteiger partial charge in [-0.1, -0.05) is 12.1 Å². The number of hydrogen-bond acceptors (Lipinski definition) is 6. The fraction of sp³-hybridized carbons (Fsp3) is 0.208. The average Bonchev–Trinajstić information content (AvgIpc) is 3.30. The van der Waals surface area contributed by atoms with Gasteiger partial charge in [-0.25, -0.2) is 4.52 Å². The van der Waals surface area contributed by atoms with E-state index in [0.717, 1.165) is 5.56 Å². The number of carbonyl (C=O) groups is 1. The van der Waals surface area contributed by atoms with Gasteiger partial charge in [-0.2, -0.15) is 5.10 Å². The van der Waals surface area contributed by atoms with Crippen molar-refractivity contribution in [1.82, 2.24) is 19.5 Å². The van der Waals surface area contributed by atoms with Crippen LogP contribution in [0.15, 0.2) is 65.7 Å². The molecule has 1 amide bonds. The fourth-order valence-corrected chi connectivity index (χ4v) is 3.46. The maximum Gasteiger partial charge on any atom is 0.276 e. The highest BCUT2D eigenvalue weighted by Crippen LogP contribution is 2.23. The van der Waals surface area contributed by atoms with Gasteiger partial charge in [-0.3, -0.25) is 9.59 Å². The van der Waals surface area contributed by atoms with Gasteiger partial charge in [0, 0.05) is 42.7 Å². The summed E-state index contributed by atoms with van der Waals surface area (Å²) in [6.45, 7) is 0.577. The minimum Gasteiger partial charge on any atom is -0.497 e. The topological polar surface area (TPSA) is 96.1 Å². The molecule has 0 saturated carbocycles. The van der Waals surface area contributed by atoms with Crippen molar-refractivity contribution in [2.75, 3.05) is 27.9 Å². The van der Waals surface area contributed by atoms with Crippen LogP contribution in [0, 0.1) is 0 Å². The van der Waals surface area contributed by atoms with E-state index in [1.807, 2.05) is 24.3 Å². The third kappa shape index (κ3) is 4.67. The van der Waals surface area contributed by atoms with Gasteiger partial charge < -0.3 is 24.1 Å². The molecular weight excluding hydrogens is 424 g/mol. The third-order valence-electron chi connectivity index (χ3n) is 5.22. The van der Waals surface area contributed by atoms with E-state index in [1.54, 1.807) is 52.9 Å². The Bertz CT molecular complexity index is 1340. The zero-order chi connectivity index (χ0) is 23.4. The molecule has 2 heterocycles. The molecular formula is C24H24N4O5. The van der Waals surface area contributed by atoms with Crippen LogP contribution in [-0.2, 0) is 6.54 Å². The lowest BCUT2D eigenvalue weighted by molar-refractivity contribution is 0.0951. The number of rotatable bonds is 8. The maximum absolute atomic E-state index is 12.9. The standard InChI is InChI=1S/C24H24N4O5/c1-31-18-6-4-5-16(11-18)21-15-22-24(30)27(9-10-28(22)26-21)8-7-25-23(29)17-12-19(32-2)14-20(13-17)33-3/h4-6,9-15H,7-8H2,1-3H3,(H,25,29). The van der Waals surface area contributed by atoms with Gasteiger partial charge in [0.2, 0.25) is 0 Å². The van der Waals surface area contributed by atoms with Gasteiger partial charge >= 0.3 is 0 Å². The minimum atomic E-state index is -0.286. The van der Waals surface area contributed by atoms with Crippen molar-refractivity contribution in [3.05, 3.63) is 76.8 Å². The van der Waals surface area contributed by atoms with Crippen LogP contribution in [-0.4, -0.2) is 48.0 Å². The highest BCUT2D eigenvalue weighted by Gasteiger charge is 2.12. The molecule has 0 atom stereocenters. The van der Waals surface area contributed by atoms with Crippen LogP contribution < -0.4 is 25.1 Å². The van der Waals surface area contributed by atoms with E-state index in [-0.39, 0.29) is 18.0 Å². The smallest absolute Gasteiger partial charge is 0.276 e. The van der Waals surface area contributed by atoms with Crippen LogP contribution >= 0.6 is 0 Å².